The van der Waals surface area contributed by atoms with E-state index in [1.54, 1.807) is 0 Å². The number of allylic oxidation sites excluding steroid dienone is 2. The van der Waals surface area contributed by atoms with Gasteiger partial charge < -0.3 is 9.47 Å². The Balaban J connectivity index is 1.23. The number of nitrogens with zero attached hydrogens (tertiary/aromatic N) is 2. The molecule has 49 heavy (non-hydrogen) atoms. The molecule has 9 rings (SSSR count). The van der Waals surface area contributed by atoms with Gasteiger partial charge in [0.05, 0.1) is 11.0 Å². The van der Waals surface area contributed by atoms with Crippen LogP contribution in [0.15, 0.2) is 183 Å². The number of hydrogen-bond acceptors (Lipinski definition) is 1. The second-order valence-electron chi connectivity index (χ2n) is 12.6. The van der Waals surface area contributed by atoms with E-state index in [4.69, 9.17) is 0 Å². The summed E-state index contributed by atoms with van der Waals surface area (Å²) >= 11 is 0. The van der Waals surface area contributed by atoms with E-state index in [1.807, 2.05) is 6.08 Å². The first-order valence-electron chi connectivity index (χ1n) is 16.8. The second-order valence-corrected chi connectivity index (χ2v) is 12.6. The van der Waals surface area contributed by atoms with Gasteiger partial charge in [0.1, 0.15) is 0 Å². The van der Waals surface area contributed by atoms with Crippen LogP contribution in [0.4, 0.5) is 17.1 Å². The number of hydrogen-bond donors (Lipinski definition) is 0. The van der Waals surface area contributed by atoms with E-state index in [-0.39, 0.29) is 0 Å². The Morgan fingerprint density at radius 3 is 1.76 bits per heavy atom. The third-order valence-corrected chi connectivity index (χ3v) is 9.86. The maximum Gasteiger partial charge on any atom is 0.0576 e. The monoisotopic (exact) mass is 626 g/mol. The lowest BCUT2D eigenvalue weighted by atomic mass is 9.95. The first-order chi connectivity index (χ1) is 24.2. The van der Waals surface area contributed by atoms with E-state index in [1.165, 1.54) is 66.3 Å². The Morgan fingerprint density at radius 1 is 0.531 bits per heavy atom. The molecule has 1 aromatic heterocycles. The fourth-order valence-corrected chi connectivity index (χ4v) is 7.74. The van der Waals surface area contributed by atoms with Gasteiger partial charge in [-0.3, -0.25) is 0 Å². The van der Waals surface area contributed by atoms with Crippen LogP contribution in [-0.4, -0.2) is 4.57 Å². The molecule has 7 aromatic carbocycles. The first-order valence-corrected chi connectivity index (χ1v) is 16.8. The molecule has 1 aliphatic rings. The highest BCUT2D eigenvalue weighted by atomic mass is 15.1. The molecule has 232 valence electrons. The zero-order valence-electron chi connectivity index (χ0n) is 27.3. The maximum atomic E-state index is 4.06. The van der Waals surface area contributed by atoms with Crippen molar-refractivity contribution in [2.24, 2.45) is 0 Å². The van der Waals surface area contributed by atoms with Crippen LogP contribution in [0.2, 0.25) is 0 Å². The fraction of sp³-hybridized carbons (Fsp3) is 0.0213. The molecule has 0 amide bonds. The predicted molar refractivity (Wildman–Crippen MR) is 208 cm³/mol. The van der Waals surface area contributed by atoms with E-state index in [9.17, 15) is 0 Å². The molecule has 1 aliphatic carbocycles. The van der Waals surface area contributed by atoms with Gasteiger partial charge in [-0.2, -0.15) is 0 Å². The number of anilines is 3. The van der Waals surface area contributed by atoms with Crippen LogP contribution < -0.4 is 4.90 Å². The Hall–Kier alpha value is -6.38. The summed E-state index contributed by atoms with van der Waals surface area (Å²) in [6.45, 7) is 6.35. The first kappa shape index (κ1) is 28.8. The molecule has 0 N–H and O–H groups in total. The van der Waals surface area contributed by atoms with Crippen molar-refractivity contribution in [2.75, 3.05) is 4.90 Å². The lowest BCUT2D eigenvalue weighted by Crippen LogP contribution is -2.09. The van der Waals surface area contributed by atoms with Crippen LogP contribution in [0.1, 0.15) is 16.7 Å². The largest absolute Gasteiger partial charge is 0.311 e. The minimum atomic E-state index is 1.12. The quantitative estimate of drug-likeness (QED) is 0.178. The summed E-state index contributed by atoms with van der Waals surface area (Å²) in [4.78, 5) is 2.30. The number of benzene rings is 7. The molecular weight excluding hydrogens is 593 g/mol. The third kappa shape index (κ3) is 4.64. The highest BCUT2D eigenvalue weighted by Crippen LogP contribution is 2.50. The highest BCUT2D eigenvalue weighted by Gasteiger charge is 2.28. The second kappa shape index (κ2) is 11.7. The molecular formula is C47H34N2. The summed E-state index contributed by atoms with van der Waals surface area (Å²) in [6, 6.07) is 58.9. The smallest absolute Gasteiger partial charge is 0.0576 e. The molecule has 0 fully saturated rings. The van der Waals surface area contributed by atoms with E-state index in [0.717, 1.165) is 22.7 Å². The van der Waals surface area contributed by atoms with Crippen LogP contribution in [0.25, 0.3) is 55.3 Å². The van der Waals surface area contributed by atoms with Crippen molar-refractivity contribution in [3.63, 3.8) is 0 Å². The van der Waals surface area contributed by atoms with Gasteiger partial charge in [0, 0.05) is 33.5 Å². The molecule has 8 aromatic rings. The van der Waals surface area contributed by atoms with E-state index >= 15 is 0 Å². The van der Waals surface area contributed by atoms with Gasteiger partial charge in [-0.1, -0.05) is 116 Å². The Kier molecular flexibility index (Phi) is 6.88. The number of para-hydroxylation sites is 3. The molecule has 0 saturated heterocycles. The molecule has 1 heterocycles. The fourth-order valence-electron chi connectivity index (χ4n) is 7.74. The van der Waals surface area contributed by atoms with Crippen molar-refractivity contribution in [1.29, 1.82) is 0 Å². The zero-order chi connectivity index (χ0) is 32.9. The summed E-state index contributed by atoms with van der Waals surface area (Å²) < 4.78 is 2.44. The van der Waals surface area contributed by atoms with Gasteiger partial charge in [-0.05, 0) is 118 Å². The van der Waals surface area contributed by atoms with Crippen LogP contribution in [0.5, 0.6) is 0 Å². The lowest BCUT2D eigenvalue weighted by molar-refractivity contribution is 1.17. The molecule has 0 saturated carbocycles. The number of aryl methyl sites for hydroxylation is 1. The molecule has 2 heteroatoms. The molecule has 0 bridgehead atoms. The number of fused-ring (bicyclic) bond motifs is 6. The Bertz CT molecular complexity index is 2500. The van der Waals surface area contributed by atoms with Crippen molar-refractivity contribution < 1.29 is 0 Å². The summed E-state index contributed by atoms with van der Waals surface area (Å²) in [7, 11) is 0. The van der Waals surface area contributed by atoms with E-state index in [0.29, 0.717) is 0 Å². The highest BCUT2D eigenvalue weighted by molar-refractivity contribution is 6.17. The van der Waals surface area contributed by atoms with Crippen molar-refractivity contribution in [2.45, 2.75) is 6.92 Å². The molecule has 2 nitrogen and oxygen atoms in total. The van der Waals surface area contributed by atoms with Crippen molar-refractivity contribution >= 4 is 44.4 Å². The predicted octanol–water partition coefficient (Wildman–Crippen LogP) is 12.8. The summed E-state index contributed by atoms with van der Waals surface area (Å²) in [6.07, 6.45) is 4.07. The third-order valence-electron chi connectivity index (χ3n) is 9.86. The summed E-state index contributed by atoms with van der Waals surface area (Å²) in [5, 5.41) is 2.52. The summed E-state index contributed by atoms with van der Waals surface area (Å²) in [5.74, 6) is 0. The molecule has 0 radical (unpaired) electrons. The minimum Gasteiger partial charge on any atom is -0.311 e. The molecule has 0 unspecified atom stereocenters. The number of rotatable bonds is 6. The van der Waals surface area contributed by atoms with Gasteiger partial charge in [0.25, 0.3) is 0 Å². The lowest BCUT2D eigenvalue weighted by Gasteiger charge is -2.25. The van der Waals surface area contributed by atoms with Crippen LogP contribution >= 0.6 is 0 Å². The minimum absolute atomic E-state index is 1.12. The van der Waals surface area contributed by atoms with Crippen LogP contribution in [0.3, 0.4) is 0 Å². The van der Waals surface area contributed by atoms with Gasteiger partial charge >= 0.3 is 0 Å². The van der Waals surface area contributed by atoms with Crippen LogP contribution in [0, 0.1) is 6.92 Å². The summed E-state index contributed by atoms with van der Waals surface area (Å²) in [5.41, 5.74) is 17.0. The van der Waals surface area contributed by atoms with Crippen molar-refractivity contribution in [1.82, 2.24) is 4.57 Å². The SMILES string of the molecule is C=C/C=C1/c2ccccc2-c2cc3c4cc(-c5ccc(N(c6ccccc6)c6ccccc6)cc5)ccc4n(-c4ccccc4)c3c(C)c21. The average molecular weight is 627 g/mol. The van der Waals surface area contributed by atoms with Gasteiger partial charge in [0.15, 0.2) is 0 Å². The van der Waals surface area contributed by atoms with Crippen LogP contribution in [-0.2, 0) is 0 Å². The number of aromatic nitrogens is 1. The normalized spacial score (nSPS) is 12.7. The Morgan fingerprint density at radius 2 is 1.10 bits per heavy atom. The maximum absolute atomic E-state index is 4.06. The topological polar surface area (TPSA) is 8.17 Å². The molecule has 0 atom stereocenters. The van der Waals surface area contributed by atoms with Crippen molar-refractivity contribution in [3.8, 4) is 27.9 Å². The van der Waals surface area contributed by atoms with Gasteiger partial charge in [-0.15, -0.1) is 0 Å². The van der Waals surface area contributed by atoms with E-state index < -0.39 is 0 Å². The molecule has 0 spiro atoms. The zero-order valence-corrected chi connectivity index (χ0v) is 27.3. The van der Waals surface area contributed by atoms with E-state index in [2.05, 4.69) is 193 Å². The standard InChI is InChI=1S/C47H34N2/c1-3-15-41-39-22-13-14-23-40(39)43-31-44-42-30-34(26-29-45(42)49(37-20-11-6-12-21-37)47(44)32(2)46(41)43)33-24-27-38(28-25-33)48(35-16-7-4-8-17-35)36-18-9-5-10-19-36/h3-31H,1H2,2H3/b41-15-. The average Bonchev–Trinajstić information content (AvgIpc) is 3.66. The van der Waals surface area contributed by atoms with Gasteiger partial charge in [-0.25, -0.2) is 0 Å². The van der Waals surface area contributed by atoms with Gasteiger partial charge in [0.2, 0.25) is 0 Å². The molecule has 0 aliphatic heterocycles. The van der Waals surface area contributed by atoms with Crippen molar-refractivity contribution in [3.05, 3.63) is 199 Å². The Labute approximate surface area is 287 Å².